The van der Waals surface area contributed by atoms with Gasteiger partial charge in [-0.1, -0.05) is 6.58 Å². The van der Waals surface area contributed by atoms with Gasteiger partial charge in [0.05, 0.1) is 12.1 Å². The number of hydrogen-bond donors (Lipinski definition) is 1. The van der Waals surface area contributed by atoms with Crippen molar-refractivity contribution in [3.8, 4) is 11.5 Å². The summed E-state index contributed by atoms with van der Waals surface area (Å²) >= 11 is 0. The van der Waals surface area contributed by atoms with E-state index >= 15 is 0 Å². The molecule has 134 valence electrons. The van der Waals surface area contributed by atoms with Crippen molar-refractivity contribution in [1.29, 1.82) is 0 Å². The van der Waals surface area contributed by atoms with Crippen LogP contribution in [0.3, 0.4) is 0 Å². The van der Waals surface area contributed by atoms with Gasteiger partial charge in [-0.2, -0.15) is 0 Å². The molecule has 2 heterocycles. The second kappa shape index (κ2) is 7.39. The summed E-state index contributed by atoms with van der Waals surface area (Å²) in [6.45, 7) is 8.14. The molecule has 1 fully saturated rings. The third kappa shape index (κ3) is 3.91. The zero-order valence-electron chi connectivity index (χ0n) is 14.9. The van der Waals surface area contributed by atoms with E-state index in [1.807, 2.05) is 38.1 Å². The van der Waals surface area contributed by atoms with Crippen molar-refractivity contribution in [3.05, 3.63) is 60.4 Å². The van der Waals surface area contributed by atoms with E-state index in [-0.39, 0.29) is 17.7 Å². The Morgan fingerprint density at radius 2 is 2.04 bits per heavy atom. The van der Waals surface area contributed by atoms with Crippen LogP contribution in [0.4, 0.5) is 5.69 Å². The fourth-order valence-corrected chi connectivity index (χ4v) is 2.68. The van der Waals surface area contributed by atoms with E-state index in [1.165, 1.54) is 6.08 Å². The van der Waals surface area contributed by atoms with Gasteiger partial charge in [-0.15, -0.1) is 0 Å². The molecule has 1 aliphatic rings. The Bertz CT molecular complexity index is 840. The van der Waals surface area contributed by atoms with E-state index in [4.69, 9.17) is 4.74 Å². The van der Waals surface area contributed by atoms with Crippen molar-refractivity contribution in [2.45, 2.75) is 13.8 Å². The highest BCUT2D eigenvalue weighted by Crippen LogP contribution is 2.27. The van der Waals surface area contributed by atoms with Crippen LogP contribution in [-0.4, -0.2) is 34.8 Å². The van der Waals surface area contributed by atoms with Gasteiger partial charge in [0, 0.05) is 24.5 Å². The molecule has 1 aromatic heterocycles. The van der Waals surface area contributed by atoms with Gasteiger partial charge in [0.1, 0.15) is 11.5 Å². The van der Waals surface area contributed by atoms with Gasteiger partial charge >= 0.3 is 0 Å². The van der Waals surface area contributed by atoms with Crippen LogP contribution in [0, 0.1) is 19.8 Å². The van der Waals surface area contributed by atoms with Crippen LogP contribution in [0.5, 0.6) is 11.5 Å². The number of nitrogens with zero attached hydrogens (tertiary/aromatic N) is 2. The third-order valence-corrected chi connectivity index (χ3v) is 4.29. The minimum absolute atomic E-state index is 0.0890. The van der Waals surface area contributed by atoms with Crippen LogP contribution in [0.2, 0.25) is 0 Å². The first kappa shape index (κ1) is 17.7. The number of rotatable bonds is 5. The number of amides is 2. The molecule has 1 aliphatic heterocycles. The monoisotopic (exact) mass is 351 g/mol. The van der Waals surface area contributed by atoms with E-state index in [2.05, 4.69) is 16.9 Å². The Balaban J connectivity index is 1.59. The number of aryl methyl sites for hydroxylation is 2. The van der Waals surface area contributed by atoms with Crippen LogP contribution in [-0.2, 0) is 9.59 Å². The van der Waals surface area contributed by atoms with Gasteiger partial charge in [-0.05, 0) is 55.8 Å². The fourth-order valence-electron chi connectivity index (χ4n) is 2.68. The first-order valence-electron chi connectivity index (χ1n) is 8.39. The minimum Gasteiger partial charge on any atom is -0.455 e. The molecule has 1 saturated heterocycles. The zero-order valence-corrected chi connectivity index (χ0v) is 14.9. The van der Waals surface area contributed by atoms with E-state index in [9.17, 15) is 9.59 Å². The Morgan fingerprint density at radius 1 is 1.27 bits per heavy atom. The van der Waals surface area contributed by atoms with E-state index in [1.54, 1.807) is 17.2 Å². The molecule has 2 aromatic rings. The number of carbonyl (C=O) groups is 2. The van der Waals surface area contributed by atoms with Crippen LogP contribution in [0.1, 0.15) is 11.3 Å². The molecule has 0 aliphatic carbocycles. The molecular weight excluding hydrogens is 330 g/mol. The van der Waals surface area contributed by atoms with Crippen molar-refractivity contribution < 1.29 is 14.3 Å². The molecule has 26 heavy (non-hydrogen) atoms. The lowest BCUT2D eigenvalue weighted by Crippen LogP contribution is -2.53. The Hall–Kier alpha value is -3.15. The van der Waals surface area contributed by atoms with Gasteiger partial charge in [0.25, 0.3) is 0 Å². The summed E-state index contributed by atoms with van der Waals surface area (Å²) < 4.78 is 5.83. The summed E-state index contributed by atoms with van der Waals surface area (Å²) in [5.74, 6) is 0.955. The number of anilines is 1. The fraction of sp³-hybridized carbons (Fsp3) is 0.250. The number of ether oxygens (including phenoxy) is 1. The molecule has 6 nitrogen and oxygen atoms in total. The second-order valence-corrected chi connectivity index (χ2v) is 6.35. The minimum atomic E-state index is -0.186. The maximum absolute atomic E-state index is 12.3. The van der Waals surface area contributed by atoms with Crippen LogP contribution >= 0.6 is 0 Å². The van der Waals surface area contributed by atoms with Crippen LogP contribution < -0.4 is 10.1 Å². The number of hydrogen-bond acceptors (Lipinski definition) is 4. The predicted octanol–water partition coefficient (Wildman–Crippen LogP) is 3.07. The third-order valence-electron chi connectivity index (χ3n) is 4.29. The summed E-state index contributed by atoms with van der Waals surface area (Å²) in [7, 11) is 0. The normalized spacial score (nSPS) is 13.7. The predicted molar refractivity (Wildman–Crippen MR) is 99.1 cm³/mol. The summed E-state index contributed by atoms with van der Waals surface area (Å²) in [5.41, 5.74) is 2.53. The van der Waals surface area contributed by atoms with Crippen LogP contribution in [0.25, 0.3) is 0 Å². The average molecular weight is 351 g/mol. The summed E-state index contributed by atoms with van der Waals surface area (Å²) in [6.07, 6.45) is 2.94. The highest BCUT2D eigenvalue weighted by atomic mass is 16.5. The summed E-state index contributed by atoms with van der Waals surface area (Å²) in [6, 6.07) is 9.23. The Labute approximate surface area is 152 Å². The SMILES string of the molecule is C=CC(=O)N1CC(C(=O)Nc2ccc(Oc3ccc(C)nc3)c(C)c2)C1. The summed E-state index contributed by atoms with van der Waals surface area (Å²) in [4.78, 5) is 29.5. The topological polar surface area (TPSA) is 71.5 Å². The molecule has 0 unspecified atom stereocenters. The number of aromatic nitrogens is 1. The Kier molecular flexibility index (Phi) is 5.02. The van der Waals surface area contributed by atoms with Gasteiger partial charge in [-0.25, -0.2) is 0 Å². The lowest BCUT2D eigenvalue weighted by atomic mass is 9.99. The largest absolute Gasteiger partial charge is 0.455 e. The zero-order chi connectivity index (χ0) is 18.7. The molecule has 6 heteroatoms. The van der Waals surface area contributed by atoms with E-state index in [0.29, 0.717) is 30.3 Å². The molecular formula is C20H21N3O3. The molecule has 1 N–H and O–H groups in total. The van der Waals surface area contributed by atoms with E-state index in [0.717, 1.165) is 11.3 Å². The van der Waals surface area contributed by atoms with Crippen molar-refractivity contribution in [3.63, 3.8) is 0 Å². The second-order valence-electron chi connectivity index (χ2n) is 6.35. The van der Waals surface area contributed by atoms with Crippen molar-refractivity contribution in [2.75, 3.05) is 18.4 Å². The number of nitrogens with one attached hydrogen (secondary N) is 1. The smallest absolute Gasteiger partial charge is 0.246 e. The number of likely N-dealkylation sites (tertiary alicyclic amines) is 1. The van der Waals surface area contributed by atoms with Crippen molar-refractivity contribution in [2.24, 2.45) is 5.92 Å². The lowest BCUT2D eigenvalue weighted by molar-refractivity contribution is -0.137. The summed E-state index contributed by atoms with van der Waals surface area (Å²) in [5, 5.41) is 2.89. The van der Waals surface area contributed by atoms with Gasteiger partial charge in [0.2, 0.25) is 11.8 Å². The first-order valence-corrected chi connectivity index (χ1v) is 8.39. The first-order chi connectivity index (χ1) is 12.5. The molecule has 0 spiro atoms. The van der Waals surface area contributed by atoms with Crippen molar-refractivity contribution >= 4 is 17.5 Å². The highest BCUT2D eigenvalue weighted by Gasteiger charge is 2.34. The number of benzene rings is 1. The van der Waals surface area contributed by atoms with Gasteiger partial charge in [0.15, 0.2) is 0 Å². The molecule has 0 radical (unpaired) electrons. The molecule has 1 aromatic carbocycles. The molecule has 2 amide bonds. The average Bonchev–Trinajstić information content (AvgIpc) is 2.57. The molecule has 0 bridgehead atoms. The maximum atomic E-state index is 12.3. The number of carbonyl (C=O) groups excluding carboxylic acids is 2. The molecule has 0 atom stereocenters. The molecule has 3 rings (SSSR count). The van der Waals surface area contributed by atoms with E-state index < -0.39 is 0 Å². The van der Waals surface area contributed by atoms with Gasteiger partial charge < -0.3 is 15.0 Å². The standard InChI is InChI=1S/C20H21N3O3/c1-4-19(24)23-11-15(12-23)20(25)22-16-6-8-18(13(2)9-16)26-17-7-5-14(3)21-10-17/h4-10,15H,1,11-12H2,2-3H3,(H,22,25). The Morgan fingerprint density at radius 3 is 2.65 bits per heavy atom. The molecule has 0 saturated carbocycles. The lowest BCUT2D eigenvalue weighted by Gasteiger charge is -2.37. The van der Waals surface area contributed by atoms with Crippen molar-refractivity contribution in [1.82, 2.24) is 9.88 Å². The maximum Gasteiger partial charge on any atom is 0.246 e. The number of pyridine rings is 1. The quantitative estimate of drug-likeness (QED) is 0.841. The van der Waals surface area contributed by atoms with Crippen LogP contribution in [0.15, 0.2) is 49.2 Å². The highest BCUT2D eigenvalue weighted by molar-refractivity contribution is 5.96. The van der Waals surface area contributed by atoms with Gasteiger partial charge in [-0.3, -0.25) is 14.6 Å².